The van der Waals surface area contributed by atoms with E-state index in [2.05, 4.69) is 38.1 Å². The zero-order valence-electron chi connectivity index (χ0n) is 12.6. The molecule has 106 valence electrons. The molecule has 0 bridgehead atoms. The van der Waals surface area contributed by atoms with Crippen molar-refractivity contribution in [2.75, 3.05) is 6.61 Å². The second kappa shape index (κ2) is 6.98. The van der Waals surface area contributed by atoms with Crippen molar-refractivity contribution in [1.82, 2.24) is 0 Å². The summed E-state index contributed by atoms with van der Waals surface area (Å²) in [6, 6.07) is 8.43. The van der Waals surface area contributed by atoms with E-state index in [1.807, 2.05) is 0 Å². The molecule has 2 rings (SSSR count). The van der Waals surface area contributed by atoms with Gasteiger partial charge in [0.1, 0.15) is 5.75 Å². The maximum Gasteiger partial charge on any atom is 0.119 e. The van der Waals surface area contributed by atoms with Crippen LogP contribution in [-0.2, 0) is 0 Å². The van der Waals surface area contributed by atoms with Gasteiger partial charge in [-0.3, -0.25) is 0 Å². The second-order valence-corrected chi connectivity index (χ2v) is 6.53. The quantitative estimate of drug-likeness (QED) is 0.696. The molecule has 1 aromatic carbocycles. The van der Waals surface area contributed by atoms with E-state index in [0.717, 1.165) is 12.4 Å². The van der Waals surface area contributed by atoms with Crippen molar-refractivity contribution in [2.24, 2.45) is 5.41 Å². The number of aryl methyl sites for hydroxylation is 1. The van der Waals surface area contributed by atoms with Gasteiger partial charge in [0.25, 0.3) is 0 Å². The molecule has 1 aliphatic rings. The van der Waals surface area contributed by atoms with E-state index in [1.165, 1.54) is 56.9 Å². The van der Waals surface area contributed by atoms with Crippen LogP contribution in [0.5, 0.6) is 5.75 Å². The minimum absolute atomic E-state index is 0.370. The van der Waals surface area contributed by atoms with E-state index in [-0.39, 0.29) is 0 Å². The number of hydrogen-bond donors (Lipinski definition) is 0. The van der Waals surface area contributed by atoms with E-state index in [9.17, 15) is 0 Å². The van der Waals surface area contributed by atoms with Crippen LogP contribution in [0.15, 0.2) is 24.3 Å². The summed E-state index contributed by atoms with van der Waals surface area (Å²) >= 11 is 0. The Morgan fingerprint density at radius 1 is 0.895 bits per heavy atom. The molecule has 0 heterocycles. The lowest BCUT2D eigenvalue weighted by Crippen LogP contribution is -2.25. The van der Waals surface area contributed by atoms with E-state index in [0.29, 0.717) is 5.41 Å². The largest absolute Gasteiger partial charge is 0.493 e. The van der Waals surface area contributed by atoms with Crippen molar-refractivity contribution in [1.29, 1.82) is 0 Å². The highest BCUT2D eigenvalue weighted by Gasteiger charge is 2.25. The zero-order valence-corrected chi connectivity index (χ0v) is 12.6. The fourth-order valence-corrected chi connectivity index (χ4v) is 2.97. The van der Waals surface area contributed by atoms with Crippen LogP contribution >= 0.6 is 0 Å². The van der Waals surface area contributed by atoms with Gasteiger partial charge in [-0.25, -0.2) is 0 Å². The van der Waals surface area contributed by atoms with E-state index < -0.39 is 0 Å². The highest BCUT2D eigenvalue weighted by Crippen LogP contribution is 2.33. The third kappa shape index (κ3) is 4.89. The molecule has 0 N–H and O–H groups in total. The molecule has 0 aromatic heterocycles. The summed E-state index contributed by atoms with van der Waals surface area (Å²) in [5.41, 5.74) is 1.66. The van der Waals surface area contributed by atoms with E-state index >= 15 is 0 Å². The van der Waals surface area contributed by atoms with Gasteiger partial charge in [-0.15, -0.1) is 0 Å². The first-order valence-corrected chi connectivity index (χ1v) is 7.87. The van der Waals surface area contributed by atoms with Crippen molar-refractivity contribution < 1.29 is 4.74 Å². The molecule has 1 aliphatic carbocycles. The van der Waals surface area contributed by atoms with Gasteiger partial charge in [0, 0.05) is 5.41 Å². The number of benzene rings is 1. The highest BCUT2D eigenvalue weighted by molar-refractivity contribution is 5.26. The van der Waals surface area contributed by atoms with Crippen molar-refractivity contribution >= 4 is 0 Å². The Hall–Kier alpha value is -0.980. The fraction of sp³-hybridized carbons (Fsp3) is 0.667. The van der Waals surface area contributed by atoms with Crippen molar-refractivity contribution in [2.45, 2.75) is 65.2 Å². The lowest BCUT2D eigenvalue weighted by atomic mass is 9.81. The summed E-state index contributed by atoms with van der Waals surface area (Å²) < 4.78 is 6.04. The molecule has 0 saturated heterocycles. The Labute approximate surface area is 118 Å². The molecular weight excluding hydrogens is 232 g/mol. The summed E-state index contributed by atoms with van der Waals surface area (Å²) in [7, 11) is 0. The molecule has 1 aromatic rings. The molecule has 1 saturated carbocycles. The van der Waals surface area contributed by atoms with Crippen LogP contribution in [0.1, 0.15) is 63.9 Å². The van der Waals surface area contributed by atoms with Gasteiger partial charge in [0.15, 0.2) is 0 Å². The smallest absolute Gasteiger partial charge is 0.119 e. The molecule has 1 heteroatoms. The minimum Gasteiger partial charge on any atom is -0.493 e. The lowest BCUT2D eigenvalue weighted by Gasteiger charge is -2.29. The normalized spacial score (nSPS) is 20.1. The van der Waals surface area contributed by atoms with Crippen LogP contribution in [0.25, 0.3) is 0 Å². The molecule has 19 heavy (non-hydrogen) atoms. The summed E-state index contributed by atoms with van der Waals surface area (Å²) in [6.07, 6.45) is 11.0. The molecule has 0 aliphatic heterocycles. The van der Waals surface area contributed by atoms with Gasteiger partial charge in [-0.05, 0) is 31.9 Å². The zero-order chi connectivity index (χ0) is 13.6. The van der Waals surface area contributed by atoms with Crippen molar-refractivity contribution in [3.63, 3.8) is 0 Å². The molecule has 1 fully saturated rings. The SMILES string of the molecule is Cc1ccc(OCC2(C)CCCCCCCC2)cc1. The summed E-state index contributed by atoms with van der Waals surface area (Å²) in [4.78, 5) is 0. The average molecular weight is 260 g/mol. The van der Waals surface area contributed by atoms with Crippen molar-refractivity contribution in [3.8, 4) is 5.75 Å². The molecule has 1 nitrogen and oxygen atoms in total. The minimum atomic E-state index is 0.370. The maximum atomic E-state index is 6.04. The third-order valence-electron chi connectivity index (χ3n) is 4.42. The Bertz CT molecular complexity index is 356. The average Bonchev–Trinajstić information content (AvgIpc) is 2.51. The maximum absolute atomic E-state index is 6.04. The number of ether oxygens (including phenoxy) is 1. The van der Waals surface area contributed by atoms with E-state index in [1.54, 1.807) is 0 Å². The Morgan fingerprint density at radius 2 is 1.42 bits per heavy atom. The predicted octanol–water partition coefficient (Wildman–Crippen LogP) is 5.51. The van der Waals surface area contributed by atoms with Crippen LogP contribution in [0.3, 0.4) is 0 Å². The first kappa shape index (κ1) is 14.4. The Morgan fingerprint density at radius 3 is 2.00 bits per heavy atom. The van der Waals surface area contributed by atoms with Crippen LogP contribution in [0.2, 0.25) is 0 Å². The topological polar surface area (TPSA) is 9.23 Å². The summed E-state index contributed by atoms with van der Waals surface area (Å²) in [5.74, 6) is 1.02. The molecule has 0 spiro atoms. The molecule has 0 unspecified atom stereocenters. The van der Waals surface area contributed by atoms with E-state index in [4.69, 9.17) is 4.74 Å². The number of rotatable bonds is 3. The standard InChI is InChI=1S/C18H28O/c1-16-9-11-17(12-10-16)19-15-18(2)13-7-5-3-4-6-8-14-18/h9-12H,3-8,13-15H2,1-2H3. The van der Waals surface area contributed by atoms with Gasteiger partial charge >= 0.3 is 0 Å². The monoisotopic (exact) mass is 260 g/mol. The van der Waals surface area contributed by atoms with Gasteiger partial charge in [-0.1, -0.05) is 63.1 Å². The molecule has 0 atom stereocenters. The molecule has 0 amide bonds. The van der Waals surface area contributed by atoms with Crippen LogP contribution in [-0.4, -0.2) is 6.61 Å². The number of hydrogen-bond acceptors (Lipinski definition) is 1. The van der Waals surface area contributed by atoms with Gasteiger partial charge in [0.05, 0.1) is 6.61 Å². The summed E-state index contributed by atoms with van der Waals surface area (Å²) in [6.45, 7) is 5.39. The van der Waals surface area contributed by atoms with Crippen molar-refractivity contribution in [3.05, 3.63) is 29.8 Å². The highest BCUT2D eigenvalue weighted by atomic mass is 16.5. The first-order valence-electron chi connectivity index (χ1n) is 7.87. The summed E-state index contributed by atoms with van der Waals surface area (Å²) in [5, 5.41) is 0. The third-order valence-corrected chi connectivity index (χ3v) is 4.42. The predicted molar refractivity (Wildman–Crippen MR) is 81.7 cm³/mol. The molecular formula is C18H28O. The van der Waals surface area contributed by atoms with Gasteiger partial charge in [-0.2, -0.15) is 0 Å². The Balaban J connectivity index is 1.89. The Kier molecular flexibility index (Phi) is 5.30. The van der Waals surface area contributed by atoms with Crippen LogP contribution in [0.4, 0.5) is 0 Å². The van der Waals surface area contributed by atoms with Crippen LogP contribution in [0, 0.1) is 12.3 Å². The lowest BCUT2D eigenvalue weighted by molar-refractivity contribution is 0.136. The second-order valence-electron chi connectivity index (χ2n) is 6.53. The fourth-order valence-electron chi connectivity index (χ4n) is 2.97. The molecule has 0 radical (unpaired) electrons. The first-order chi connectivity index (χ1) is 9.18. The van der Waals surface area contributed by atoms with Gasteiger partial charge in [0.2, 0.25) is 0 Å². The van der Waals surface area contributed by atoms with Gasteiger partial charge < -0.3 is 4.74 Å². The van der Waals surface area contributed by atoms with Crippen LogP contribution < -0.4 is 4.74 Å².